The van der Waals surface area contributed by atoms with Gasteiger partial charge in [0.1, 0.15) is 11.3 Å². The number of carboxylic acid groups (broad SMARTS) is 1. The highest BCUT2D eigenvalue weighted by Gasteiger charge is 2.31. The van der Waals surface area contributed by atoms with Gasteiger partial charge in [0.2, 0.25) is 10.0 Å². The fourth-order valence-electron chi connectivity index (χ4n) is 2.27. The normalized spacial score (nSPS) is 20.4. The van der Waals surface area contributed by atoms with Crippen molar-refractivity contribution in [2.24, 2.45) is 0 Å². The van der Waals surface area contributed by atoms with Crippen LogP contribution >= 0.6 is 0 Å². The van der Waals surface area contributed by atoms with Crippen LogP contribution in [-0.2, 0) is 14.8 Å². The summed E-state index contributed by atoms with van der Waals surface area (Å²) < 4.78 is 31.9. The van der Waals surface area contributed by atoms with Crippen LogP contribution in [0.4, 0.5) is 0 Å². The molecule has 116 valence electrons. The summed E-state index contributed by atoms with van der Waals surface area (Å²) in [6.45, 7) is 4.01. The summed E-state index contributed by atoms with van der Waals surface area (Å²) in [7, 11) is -3.82. The van der Waals surface area contributed by atoms with E-state index in [0.717, 1.165) is 12.1 Å². The van der Waals surface area contributed by atoms with Crippen LogP contribution in [0.5, 0.6) is 5.75 Å². The van der Waals surface area contributed by atoms with Crippen molar-refractivity contribution in [3.8, 4) is 5.75 Å². The first kappa shape index (κ1) is 15.7. The largest absolute Gasteiger partial charge is 0.507 e. The van der Waals surface area contributed by atoms with Crippen molar-refractivity contribution in [3.05, 3.63) is 23.3 Å². The van der Waals surface area contributed by atoms with Crippen LogP contribution in [-0.4, -0.2) is 54.7 Å². The number of morpholine rings is 1. The van der Waals surface area contributed by atoms with E-state index in [9.17, 15) is 18.3 Å². The summed E-state index contributed by atoms with van der Waals surface area (Å²) in [5.74, 6) is -1.83. The molecule has 2 rings (SSSR count). The topological polar surface area (TPSA) is 104 Å². The van der Waals surface area contributed by atoms with Gasteiger partial charge in [-0.15, -0.1) is 0 Å². The molecule has 8 heteroatoms. The van der Waals surface area contributed by atoms with Gasteiger partial charge in [-0.2, -0.15) is 4.31 Å². The van der Waals surface area contributed by atoms with Gasteiger partial charge in [0.15, 0.2) is 0 Å². The lowest BCUT2D eigenvalue weighted by Gasteiger charge is -2.30. The second-order valence-electron chi connectivity index (χ2n) is 4.98. The van der Waals surface area contributed by atoms with Crippen molar-refractivity contribution < 1.29 is 28.2 Å². The molecule has 1 aromatic carbocycles. The standard InChI is InChI=1S/C13H17NO6S/c1-8-5-11(15)10(13(16)17)6-12(8)21(18,19)14-3-4-20-9(2)7-14/h5-6,9,15H,3-4,7H2,1-2H3,(H,16,17). The Balaban J connectivity index is 2.49. The van der Waals surface area contributed by atoms with Crippen molar-refractivity contribution in [3.63, 3.8) is 0 Å². The molecule has 0 spiro atoms. The molecule has 1 heterocycles. The number of nitrogens with zero attached hydrogens (tertiary/aromatic N) is 1. The lowest BCUT2D eigenvalue weighted by atomic mass is 10.1. The number of aryl methyl sites for hydroxylation is 1. The maximum atomic E-state index is 12.6. The number of rotatable bonds is 3. The maximum absolute atomic E-state index is 12.6. The van der Waals surface area contributed by atoms with E-state index in [1.807, 2.05) is 0 Å². The van der Waals surface area contributed by atoms with E-state index in [4.69, 9.17) is 9.84 Å². The van der Waals surface area contributed by atoms with Crippen LogP contribution < -0.4 is 0 Å². The molecule has 1 aromatic rings. The zero-order valence-electron chi connectivity index (χ0n) is 11.7. The molecule has 1 fully saturated rings. The summed E-state index contributed by atoms with van der Waals surface area (Å²) >= 11 is 0. The average molecular weight is 315 g/mol. The van der Waals surface area contributed by atoms with Crippen molar-refractivity contribution in [1.29, 1.82) is 0 Å². The molecule has 7 nitrogen and oxygen atoms in total. The Bertz CT molecular complexity index is 669. The number of carboxylic acids is 1. The van der Waals surface area contributed by atoms with Crippen molar-refractivity contribution in [1.82, 2.24) is 4.31 Å². The lowest BCUT2D eigenvalue weighted by Crippen LogP contribution is -2.44. The van der Waals surface area contributed by atoms with E-state index >= 15 is 0 Å². The molecule has 0 amide bonds. The molecule has 0 bridgehead atoms. The summed E-state index contributed by atoms with van der Waals surface area (Å²) in [6.07, 6.45) is -0.218. The van der Waals surface area contributed by atoms with Crippen LogP contribution in [0.15, 0.2) is 17.0 Å². The van der Waals surface area contributed by atoms with Crippen molar-refractivity contribution >= 4 is 16.0 Å². The van der Waals surface area contributed by atoms with Gasteiger partial charge >= 0.3 is 5.97 Å². The first-order valence-corrected chi connectivity index (χ1v) is 7.86. The molecule has 1 unspecified atom stereocenters. The summed E-state index contributed by atoms with van der Waals surface area (Å²) in [5.41, 5.74) is -0.128. The van der Waals surface area contributed by atoms with E-state index in [1.54, 1.807) is 6.92 Å². The van der Waals surface area contributed by atoms with Gasteiger partial charge < -0.3 is 14.9 Å². The quantitative estimate of drug-likeness (QED) is 0.855. The van der Waals surface area contributed by atoms with Gasteiger partial charge in [0, 0.05) is 13.1 Å². The molecule has 1 aliphatic rings. The predicted octanol–water partition coefficient (Wildman–Crippen LogP) is 0.808. The Morgan fingerprint density at radius 2 is 2.10 bits per heavy atom. The molecule has 1 saturated heterocycles. The van der Waals surface area contributed by atoms with E-state index in [0.29, 0.717) is 12.2 Å². The fraction of sp³-hybridized carbons (Fsp3) is 0.462. The van der Waals surface area contributed by atoms with E-state index < -0.39 is 27.3 Å². The van der Waals surface area contributed by atoms with Crippen molar-refractivity contribution in [2.75, 3.05) is 19.7 Å². The minimum Gasteiger partial charge on any atom is -0.507 e. The van der Waals surface area contributed by atoms with E-state index in [1.165, 1.54) is 11.2 Å². The van der Waals surface area contributed by atoms with Gasteiger partial charge in [0.05, 0.1) is 17.6 Å². The zero-order valence-corrected chi connectivity index (χ0v) is 12.6. The van der Waals surface area contributed by atoms with Gasteiger partial charge in [-0.1, -0.05) is 0 Å². The lowest BCUT2D eigenvalue weighted by molar-refractivity contribution is 0.0101. The number of phenols is 1. The van der Waals surface area contributed by atoms with Gasteiger partial charge in [0.25, 0.3) is 0 Å². The van der Waals surface area contributed by atoms with Crippen LogP contribution in [0, 0.1) is 6.92 Å². The molecule has 2 N–H and O–H groups in total. The number of benzene rings is 1. The minimum absolute atomic E-state index is 0.105. The number of ether oxygens (including phenoxy) is 1. The first-order chi connectivity index (χ1) is 9.73. The molecule has 0 aromatic heterocycles. The third-order valence-electron chi connectivity index (χ3n) is 3.35. The number of aromatic carboxylic acids is 1. The SMILES string of the molecule is Cc1cc(O)c(C(=O)O)cc1S(=O)(=O)N1CCOC(C)C1. The molecule has 0 saturated carbocycles. The third-order valence-corrected chi connectivity index (χ3v) is 5.35. The highest BCUT2D eigenvalue weighted by atomic mass is 32.2. The molecule has 0 aliphatic carbocycles. The summed E-state index contributed by atoms with van der Waals surface area (Å²) in [6, 6.07) is 2.16. The molecule has 1 aliphatic heterocycles. The number of hydrogen-bond acceptors (Lipinski definition) is 5. The summed E-state index contributed by atoms with van der Waals surface area (Å²) in [4.78, 5) is 10.9. The fourth-order valence-corrected chi connectivity index (χ4v) is 4.00. The van der Waals surface area contributed by atoms with Crippen LogP contribution in [0.2, 0.25) is 0 Å². The second kappa shape index (κ2) is 5.63. The van der Waals surface area contributed by atoms with Gasteiger partial charge in [-0.25, -0.2) is 13.2 Å². The smallest absolute Gasteiger partial charge is 0.339 e. The number of aromatic hydroxyl groups is 1. The number of sulfonamides is 1. The van der Waals surface area contributed by atoms with Gasteiger partial charge in [-0.05, 0) is 31.5 Å². The first-order valence-electron chi connectivity index (χ1n) is 6.42. The molecule has 1 atom stereocenters. The van der Waals surface area contributed by atoms with Crippen LogP contribution in [0.25, 0.3) is 0 Å². The Morgan fingerprint density at radius 1 is 1.43 bits per heavy atom. The van der Waals surface area contributed by atoms with Crippen molar-refractivity contribution in [2.45, 2.75) is 24.8 Å². The Labute approximate surface area is 122 Å². The Kier molecular flexibility index (Phi) is 4.22. The monoisotopic (exact) mass is 315 g/mol. The minimum atomic E-state index is -3.82. The third kappa shape index (κ3) is 3.02. The molecule has 21 heavy (non-hydrogen) atoms. The maximum Gasteiger partial charge on any atom is 0.339 e. The molecular formula is C13H17NO6S. The number of carbonyl (C=O) groups is 1. The average Bonchev–Trinajstić information content (AvgIpc) is 2.37. The molecular weight excluding hydrogens is 298 g/mol. The van der Waals surface area contributed by atoms with Gasteiger partial charge in [-0.3, -0.25) is 0 Å². The van der Waals surface area contributed by atoms with Crippen LogP contribution in [0.3, 0.4) is 0 Å². The van der Waals surface area contributed by atoms with E-state index in [2.05, 4.69) is 0 Å². The van der Waals surface area contributed by atoms with E-state index in [-0.39, 0.29) is 24.1 Å². The van der Waals surface area contributed by atoms with Crippen LogP contribution in [0.1, 0.15) is 22.8 Å². The highest BCUT2D eigenvalue weighted by molar-refractivity contribution is 7.89. The Hall–Kier alpha value is -1.64. The molecule has 0 radical (unpaired) electrons. The number of hydrogen-bond donors (Lipinski definition) is 2. The highest BCUT2D eigenvalue weighted by Crippen LogP contribution is 2.28. The second-order valence-corrected chi connectivity index (χ2v) is 6.89. The zero-order chi connectivity index (χ0) is 15.8. The predicted molar refractivity (Wildman–Crippen MR) is 74.0 cm³/mol. The summed E-state index contributed by atoms with van der Waals surface area (Å²) in [5, 5.41) is 18.6. The Morgan fingerprint density at radius 3 is 2.67 bits per heavy atom.